The molecule has 1 fully saturated rings. The molecule has 0 spiro atoms. The van der Waals surface area contributed by atoms with E-state index >= 15 is 0 Å². The van der Waals surface area contributed by atoms with Gasteiger partial charge in [-0.15, -0.1) is 11.8 Å². The minimum absolute atomic E-state index is 0.00130. The fourth-order valence-electron chi connectivity index (χ4n) is 0.917. The van der Waals surface area contributed by atoms with Gasteiger partial charge in [0.25, 0.3) is 0 Å². The van der Waals surface area contributed by atoms with Gasteiger partial charge in [-0.2, -0.15) is 0 Å². The second-order valence-corrected chi connectivity index (χ2v) is 4.13. The van der Waals surface area contributed by atoms with Crippen LogP contribution in [0.1, 0.15) is 13.8 Å². The lowest BCUT2D eigenvalue weighted by Crippen LogP contribution is -2.14. The Labute approximate surface area is 76.8 Å². The Kier molecular flexibility index (Phi) is 3.01. The lowest BCUT2D eigenvalue weighted by molar-refractivity contribution is -0.137. The second kappa shape index (κ2) is 3.66. The van der Waals surface area contributed by atoms with Crippen LogP contribution in [0, 0.1) is 0 Å². The number of esters is 1. The molecule has 12 heavy (non-hydrogen) atoms. The predicted molar refractivity (Wildman–Crippen MR) is 48.3 cm³/mol. The van der Waals surface area contributed by atoms with Crippen molar-refractivity contribution in [3.05, 3.63) is 0 Å². The van der Waals surface area contributed by atoms with Gasteiger partial charge in [0, 0.05) is 5.75 Å². The molecule has 1 aliphatic rings. The van der Waals surface area contributed by atoms with Crippen LogP contribution in [0.2, 0.25) is 0 Å². The molecular formula is C8H14O3S. The van der Waals surface area contributed by atoms with Gasteiger partial charge < -0.3 is 9.47 Å². The molecule has 0 aliphatic carbocycles. The van der Waals surface area contributed by atoms with E-state index in [1.165, 1.54) is 7.11 Å². The van der Waals surface area contributed by atoms with E-state index < -0.39 is 0 Å². The molecule has 4 heteroatoms. The van der Waals surface area contributed by atoms with E-state index in [-0.39, 0.29) is 11.6 Å². The molecule has 0 bridgehead atoms. The maximum absolute atomic E-state index is 10.7. The summed E-state index contributed by atoms with van der Waals surface area (Å²) in [7, 11) is 1.40. The zero-order valence-corrected chi connectivity index (χ0v) is 8.44. The van der Waals surface area contributed by atoms with Gasteiger partial charge in [0.05, 0.1) is 19.0 Å². The molecule has 0 radical (unpaired) electrons. The summed E-state index contributed by atoms with van der Waals surface area (Å²) >= 11 is 1.56. The first kappa shape index (κ1) is 9.86. The summed E-state index contributed by atoms with van der Waals surface area (Å²) in [6, 6.07) is 0. The van der Waals surface area contributed by atoms with Crippen molar-refractivity contribution in [3.8, 4) is 0 Å². The van der Waals surface area contributed by atoms with Crippen LogP contribution in [-0.4, -0.2) is 36.3 Å². The quantitative estimate of drug-likeness (QED) is 0.491. The van der Waals surface area contributed by atoms with E-state index in [0.717, 1.165) is 5.75 Å². The summed E-state index contributed by atoms with van der Waals surface area (Å²) in [5.41, 5.74) is -0.00130. The largest absolute Gasteiger partial charge is 0.468 e. The highest BCUT2D eigenvalue weighted by atomic mass is 32.2. The van der Waals surface area contributed by atoms with E-state index in [1.807, 2.05) is 6.92 Å². The molecule has 0 N–H and O–H groups in total. The minimum atomic E-state index is -0.170. The highest BCUT2D eigenvalue weighted by molar-refractivity contribution is 8.00. The first-order valence-electron chi connectivity index (χ1n) is 3.91. The summed E-state index contributed by atoms with van der Waals surface area (Å²) in [6.45, 7) is 4.10. The Bertz CT molecular complexity index is 183. The minimum Gasteiger partial charge on any atom is -0.468 e. The Morgan fingerprint density at radius 3 is 2.75 bits per heavy atom. The number of epoxide rings is 1. The zero-order valence-electron chi connectivity index (χ0n) is 7.62. The molecule has 0 aromatic heterocycles. The van der Waals surface area contributed by atoms with Crippen molar-refractivity contribution in [2.75, 3.05) is 18.6 Å². The Morgan fingerprint density at radius 1 is 1.75 bits per heavy atom. The summed E-state index contributed by atoms with van der Waals surface area (Å²) in [4.78, 5) is 10.7. The average molecular weight is 190 g/mol. The smallest absolute Gasteiger partial charge is 0.315 e. The molecule has 0 amide bonds. The molecule has 1 heterocycles. The zero-order chi connectivity index (χ0) is 9.19. The van der Waals surface area contributed by atoms with Crippen LogP contribution >= 0.6 is 11.8 Å². The van der Waals surface area contributed by atoms with Crippen LogP contribution in [-0.2, 0) is 14.3 Å². The summed E-state index contributed by atoms with van der Waals surface area (Å²) < 4.78 is 9.86. The highest BCUT2D eigenvalue weighted by Crippen LogP contribution is 2.38. The third-order valence-corrected chi connectivity index (χ3v) is 3.30. The van der Waals surface area contributed by atoms with E-state index in [0.29, 0.717) is 11.9 Å². The van der Waals surface area contributed by atoms with Gasteiger partial charge in [-0.05, 0) is 13.8 Å². The van der Waals surface area contributed by atoms with Gasteiger partial charge in [-0.1, -0.05) is 0 Å². The topological polar surface area (TPSA) is 38.8 Å². The molecule has 0 aromatic carbocycles. The number of rotatable bonds is 4. The molecule has 3 nitrogen and oxygen atoms in total. The van der Waals surface area contributed by atoms with Crippen LogP contribution < -0.4 is 0 Å². The van der Waals surface area contributed by atoms with E-state index in [2.05, 4.69) is 11.7 Å². The number of hydrogen-bond acceptors (Lipinski definition) is 4. The Hall–Kier alpha value is -0.220. The molecule has 1 aliphatic heterocycles. The molecular weight excluding hydrogens is 176 g/mol. The van der Waals surface area contributed by atoms with Crippen molar-refractivity contribution in [3.63, 3.8) is 0 Å². The fourth-order valence-corrected chi connectivity index (χ4v) is 2.01. The summed E-state index contributed by atoms with van der Waals surface area (Å²) in [5.74, 6) is 1.11. The number of hydrogen-bond donors (Lipinski definition) is 0. The first-order chi connectivity index (χ1) is 5.58. The number of methoxy groups -OCH3 is 1. The van der Waals surface area contributed by atoms with Crippen molar-refractivity contribution in [1.82, 2.24) is 0 Å². The van der Waals surface area contributed by atoms with Crippen LogP contribution in [0.15, 0.2) is 0 Å². The second-order valence-electron chi connectivity index (χ2n) is 3.14. The number of carbonyl (C=O) groups excluding carboxylic acids is 1. The molecule has 1 saturated heterocycles. The summed E-state index contributed by atoms with van der Waals surface area (Å²) in [5, 5.41) is 0. The van der Waals surface area contributed by atoms with Crippen LogP contribution in [0.4, 0.5) is 0 Å². The van der Waals surface area contributed by atoms with E-state index in [4.69, 9.17) is 4.74 Å². The third-order valence-electron chi connectivity index (χ3n) is 2.08. The first-order valence-corrected chi connectivity index (χ1v) is 5.06. The highest BCUT2D eigenvalue weighted by Gasteiger charge is 2.48. The Balaban J connectivity index is 2.07. The van der Waals surface area contributed by atoms with Crippen molar-refractivity contribution in [2.24, 2.45) is 0 Å². The van der Waals surface area contributed by atoms with Gasteiger partial charge in [0.1, 0.15) is 5.60 Å². The van der Waals surface area contributed by atoms with Crippen molar-refractivity contribution in [2.45, 2.75) is 25.6 Å². The SMILES string of the molecule is COC(=O)CSCC1(C)OC1C. The maximum Gasteiger partial charge on any atom is 0.315 e. The number of carbonyl (C=O) groups is 1. The third kappa shape index (κ3) is 2.38. The van der Waals surface area contributed by atoms with Gasteiger partial charge >= 0.3 is 5.97 Å². The lowest BCUT2D eigenvalue weighted by atomic mass is 10.2. The van der Waals surface area contributed by atoms with Gasteiger partial charge in [0.2, 0.25) is 0 Å². The van der Waals surface area contributed by atoms with Crippen LogP contribution in [0.25, 0.3) is 0 Å². The van der Waals surface area contributed by atoms with Crippen molar-refractivity contribution in [1.29, 1.82) is 0 Å². The number of thioether (sulfide) groups is 1. The molecule has 70 valence electrons. The molecule has 2 unspecified atom stereocenters. The predicted octanol–water partition coefficient (Wildman–Crippen LogP) is 1.07. The average Bonchev–Trinajstić information content (AvgIpc) is 2.59. The Morgan fingerprint density at radius 2 is 2.33 bits per heavy atom. The van der Waals surface area contributed by atoms with Crippen molar-refractivity contribution >= 4 is 17.7 Å². The number of ether oxygens (including phenoxy) is 2. The van der Waals surface area contributed by atoms with E-state index in [9.17, 15) is 4.79 Å². The standard InChI is InChI=1S/C8H14O3S/c1-6-8(2,11-6)5-12-4-7(9)10-3/h6H,4-5H2,1-3H3. The molecule has 0 saturated carbocycles. The van der Waals surface area contributed by atoms with Crippen LogP contribution in [0.3, 0.4) is 0 Å². The normalized spacial score (nSPS) is 33.1. The van der Waals surface area contributed by atoms with Crippen LogP contribution in [0.5, 0.6) is 0 Å². The molecule has 1 rings (SSSR count). The van der Waals surface area contributed by atoms with Crippen molar-refractivity contribution < 1.29 is 14.3 Å². The van der Waals surface area contributed by atoms with E-state index in [1.54, 1.807) is 11.8 Å². The van der Waals surface area contributed by atoms with Gasteiger partial charge in [-0.25, -0.2) is 0 Å². The van der Waals surface area contributed by atoms with Gasteiger partial charge in [0.15, 0.2) is 0 Å². The molecule has 2 atom stereocenters. The monoisotopic (exact) mass is 190 g/mol. The fraction of sp³-hybridized carbons (Fsp3) is 0.875. The molecule has 0 aromatic rings. The maximum atomic E-state index is 10.7. The van der Waals surface area contributed by atoms with Gasteiger partial charge in [-0.3, -0.25) is 4.79 Å². The summed E-state index contributed by atoms with van der Waals surface area (Å²) in [6.07, 6.45) is 0.336. The lowest BCUT2D eigenvalue weighted by Gasteiger charge is -2.03.